The van der Waals surface area contributed by atoms with Crippen LogP contribution in [0.15, 0.2) is 36.7 Å². The molecule has 3 heterocycles. The van der Waals surface area contributed by atoms with E-state index >= 15 is 0 Å². The maximum atomic E-state index is 13.7. The molecule has 0 N–H and O–H groups in total. The number of methoxy groups -OCH3 is 1. The number of ether oxygens (including phenoxy) is 1. The van der Waals surface area contributed by atoms with Crippen molar-refractivity contribution < 1.29 is 9.13 Å². The van der Waals surface area contributed by atoms with Crippen molar-refractivity contribution >= 4 is 26.7 Å². The summed E-state index contributed by atoms with van der Waals surface area (Å²) in [5.74, 6) is 0.596. The predicted octanol–water partition coefficient (Wildman–Crippen LogP) is 3.16. The lowest BCUT2D eigenvalue weighted by Crippen LogP contribution is -2.46. The van der Waals surface area contributed by atoms with Crippen LogP contribution in [0.3, 0.4) is 0 Å². The second kappa shape index (κ2) is 6.93. The summed E-state index contributed by atoms with van der Waals surface area (Å²) >= 11 is 1.70. The number of rotatable bonds is 4. The van der Waals surface area contributed by atoms with Gasteiger partial charge < -0.3 is 9.64 Å². The fourth-order valence-corrected chi connectivity index (χ4v) is 4.03. The van der Waals surface area contributed by atoms with E-state index in [0.717, 1.165) is 47.3 Å². The zero-order valence-corrected chi connectivity index (χ0v) is 14.8. The maximum Gasteiger partial charge on any atom is 0.186 e. The molecule has 4 rings (SSSR count). The van der Waals surface area contributed by atoms with Gasteiger partial charge in [-0.2, -0.15) is 0 Å². The zero-order chi connectivity index (χ0) is 17.2. The van der Waals surface area contributed by atoms with Crippen LogP contribution in [0, 0.1) is 5.82 Å². The smallest absolute Gasteiger partial charge is 0.186 e. The maximum absolute atomic E-state index is 13.7. The fourth-order valence-electron chi connectivity index (χ4n) is 3.03. The number of anilines is 1. The molecule has 25 heavy (non-hydrogen) atoms. The Hall–Kier alpha value is -2.25. The quantitative estimate of drug-likeness (QED) is 0.717. The molecule has 3 aromatic rings. The minimum Gasteiger partial charge on any atom is -0.497 e. The van der Waals surface area contributed by atoms with Crippen molar-refractivity contribution in [1.29, 1.82) is 0 Å². The molecule has 0 amide bonds. The number of hydrogen-bond donors (Lipinski definition) is 0. The van der Waals surface area contributed by atoms with E-state index in [0.29, 0.717) is 12.1 Å². The number of benzene rings is 1. The van der Waals surface area contributed by atoms with Crippen LogP contribution >= 0.6 is 11.3 Å². The van der Waals surface area contributed by atoms with Crippen LogP contribution in [-0.2, 0) is 6.54 Å². The van der Waals surface area contributed by atoms with E-state index < -0.39 is 0 Å². The first-order valence-electron chi connectivity index (χ1n) is 8.23. The van der Waals surface area contributed by atoms with Gasteiger partial charge in [0.1, 0.15) is 11.6 Å². The minimum atomic E-state index is -0.231. The number of piperazine rings is 1. The average molecular weight is 358 g/mol. The number of fused-ring (bicyclic) bond motifs is 1. The van der Waals surface area contributed by atoms with Crippen LogP contribution in [0.4, 0.5) is 9.52 Å². The molecule has 0 bridgehead atoms. The highest BCUT2D eigenvalue weighted by Gasteiger charge is 2.20. The molecule has 1 saturated heterocycles. The summed E-state index contributed by atoms with van der Waals surface area (Å²) in [6, 6.07) is 7.74. The average Bonchev–Trinajstić information content (AvgIpc) is 3.07. The van der Waals surface area contributed by atoms with Crippen molar-refractivity contribution in [2.24, 2.45) is 0 Å². The second-order valence-electron chi connectivity index (χ2n) is 6.06. The number of aromatic nitrogens is 2. The number of pyridine rings is 1. The summed E-state index contributed by atoms with van der Waals surface area (Å²) in [4.78, 5) is 13.1. The number of nitrogens with zero attached hydrogens (tertiary/aromatic N) is 4. The van der Waals surface area contributed by atoms with Gasteiger partial charge in [0.2, 0.25) is 0 Å². The van der Waals surface area contributed by atoms with Gasteiger partial charge in [-0.05, 0) is 18.2 Å². The highest BCUT2D eigenvalue weighted by Crippen LogP contribution is 2.31. The van der Waals surface area contributed by atoms with Gasteiger partial charge in [0.15, 0.2) is 5.13 Å². The van der Waals surface area contributed by atoms with E-state index in [-0.39, 0.29) is 5.82 Å². The Labute approximate surface area is 149 Å². The number of hydrogen-bond acceptors (Lipinski definition) is 6. The van der Waals surface area contributed by atoms with Gasteiger partial charge in [-0.15, -0.1) is 0 Å². The van der Waals surface area contributed by atoms with Crippen molar-refractivity contribution in [3.8, 4) is 5.75 Å². The third-order valence-electron chi connectivity index (χ3n) is 4.48. The van der Waals surface area contributed by atoms with Crippen LogP contribution < -0.4 is 9.64 Å². The monoisotopic (exact) mass is 358 g/mol. The van der Waals surface area contributed by atoms with E-state index in [1.165, 1.54) is 6.20 Å². The normalized spacial score (nSPS) is 15.7. The largest absolute Gasteiger partial charge is 0.497 e. The predicted molar refractivity (Wildman–Crippen MR) is 97.9 cm³/mol. The van der Waals surface area contributed by atoms with Crippen LogP contribution in [0.2, 0.25) is 0 Å². The molecule has 0 radical (unpaired) electrons. The Morgan fingerprint density at radius 3 is 2.80 bits per heavy atom. The molecule has 0 spiro atoms. The van der Waals surface area contributed by atoms with E-state index in [2.05, 4.69) is 20.9 Å². The Morgan fingerprint density at radius 2 is 2.04 bits per heavy atom. The van der Waals surface area contributed by atoms with Crippen molar-refractivity contribution in [1.82, 2.24) is 14.9 Å². The van der Waals surface area contributed by atoms with Crippen molar-refractivity contribution in [2.45, 2.75) is 6.54 Å². The minimum absolute atomic E-state index is 0.231. The summed E-state index contributed by atoms with van der Waals surface area (Å²) in [6.45, 7) is 4.19. The molecular weight excluding hydrogens is 339 g/mol. The van der Waals surface area contributed by atoms with Gasteiger partial charge in [-0.1, -0.05) is 11.3 Å². The molecule has 1 aliphatic rings. The summed E-state index contributed by atoms with van der Waals surface area (Å²) in [7, 11) is 1.67. The number of thiazole rings is 1. The molecule has 1 aliphatic heterocycles. The Morgan fingerprint density at radius 1 is 1.20 bits per heavy atom. The van der Waals surface area contributed by atoms with Crippen LogP contribution in [0.5, 0.6) is 5.75 Å². The first kappa shape index (κ1) is 16.2. The molecule has 0 atom stereocenters. The molecule has 130 valence electrons. The van der Waals surface area contributed by atoms with Gasteiger partial charge in [-0.25, -0.2) is 9.37 Å². The van der Waals surface area contributed by atoms with E-state index in [4.69, 9.17) is 9.72 Å². The molecule has 1 fully saturated rings. The topological polar surface area (TPSA) is 41.5 Å². The first-order valence-corrected chi connectivity index (χ1v) is 9.05. The molecular formula is C18H19FN4OS. The molecule has 1 aromatic carbocycles. The standard InChI is InChI=1S/C18H19FN4OS/c1-24-14-2-3-17-16(10-14)21-18(25-17)23-8-6-22(7-9-23)12-13-4-5-20-11-15(13)19/h2-5,10-11H,6-9,12H2,1H3. The van der Waals surface area contributed by atoms with Crippen molar-refractivity contribution in [2.75, 3.05) is 38.2 Å². The first-order chi connectivity index (χ1) is 12.2. The molecule has 0 unspecified atom stereocenters. The van der Waals surface area contributed by atoms with Gasteiger partial charge in [0, 0.05) is 50.6 Å². The second-order valence-corrected chi connectivity index (χ2v) is 7.07. The van der Waals surface area contributed by atoms with Crippen molar-refractivity contribution in [3.63, 3.8) is 0 Å². The summed E-state index contributed by atoms with van der Waals surface area (Å²) in [6.07, 6.45) is 2.92. The number of halogens is 1. The summed E-state index contributed by atoms with van der Waals surface area (Å²) in [5, 5.41) is 1.04. The fraction of sp³-hybridized carbons (Fsp3) is 0.333. The SMILES string of the molecule is COc1ccc2sc(N3CCN(Cc4ccncc4F)CC3)nc2c1. The molecule has 5 nitrogen and oxygen atoms in total. The Balaban J connectivity index is 1.42. The van der Waals surface area contributed by atoms with Gasteiger partial charge >= 0.3 is 0 Å². The van der Waals surface area contributed by atoms with Crippen LogP contribution in [-0.4, -0.2) is 48.2 Å². The lowest BCUT2D eigenvalue weighted by atomic mass is 10.2. The van der Waals surface area contributed by atoms with E-state index in [9.17, 15) is 4.39 Å². The molecule has 0 saturated carbocycles. The Bertz CT molecular complexity index is 876. The van der Waals surface area contributed by atoms with Gasteiger partial charge in [0.05, 0.1) is 23.5 Å². The Kier molecular flexibility index (Phi) is 4.50. The summed E-state index contributed by atoms with van der Waals surface area (Å²) < 4.78 is 20.2. The molecule has 0 aliphatic carbocycles. The van der Waals surface area contributed by atoms with Crippen molar-refractivity contribution in [3.05, 3.63) is 48.0 Å². The summed E-state index contributed by atoms with van der Waals surface area (Å²) in [5.41, 5.74) is 1.68. The lowest BCUT2D eigenvalue weighted by molar-refractivity contribution is 0.246. The molecule has 2 aromatic heterocycles. The zero-order valence-electron chi connectivity index (χ0n) is 14.0. The third kappa shape index (κ3) is 3.43. The van der Waals surface area contributed by atoms with Gasteiger partial charge in [-0.3, -0.25) is 9.88 Å². The van der Waals surface area contributed by atoms with Gasteiger partial charge in [0.25, 0.3) is 0 Å². The lowest BCUT2D eigenvalue weighted by Gasteiger charge is -2.34. The van der Waals surface area contributed by atoms with Crippen LogP contribution in [0.1, 0.15) is 5.56 Å². The highest BCUT2D eigenvalue weighted by atomic mass is 32.1. The highest BCUT2D eigenvalue weighted by molar-refractivity contribution is 7.22. The van der Waals surface area contributed by atoms with Crippen LogP contribution in [0.25, 0.3) is 10.2 Å². The molecule has 7 heteroatoms. The third-order valence-corrected chi connectivity index (χ3v) is 5.57. The van der Waals surface area contributed by atoms with E-state index in [1.807, 2.05) is 12.1 Å². The van der Waals surface area contributed by atoms with E-state index in [1.54, 1.807) is 30.7 Å².